The first-order valence-corrected chi connectivity index (χ1v) is 11.3. The molecule has 6 nitrogen and oxygen atoms in total. The number of rotatable bonds is 8. The number of anilines is 1. The number of imidazole rings is 1. The molecule has 1 amide bonds. The van der Waals surface area contributed by atoms with Crippen LogP contribution in [0.3, 0.4) is 0 Å². The minimum Gasteiger partial charge on any atom is -0.496 e. The van der Waals surface area contributed by atoms with Crippen molar-refractivity contribution < 1.29 is 14.3 Å². The Morgan fingerprint density at radius 2 is 1.91 bits per heavy atom. The van der Waals surface area contributed by atoms with Gasteiger partial charge in [0.05, 0.1) is 18.6 Å². The maximum Gasteiger partial charge on any atom is 0.234 e. The lowest BCUT2D eigenvalue weighted by Gasteiger charge is -2.10. The van der Waals surface area contributed by atoms with Crippen molar-refractivity contribution in [3.63, 3.8) is 0 Å². The molecule has 4 aromatic rings. The van der Waals surface area contributed by atoms with E-state index in [-0.39, 0.29) is 11.7 Å². The summed E-state index contributed by atoms with van der Waals surface area (Å²) < 4.78 is 7.34. The zero-order chi connectivity index (χ0) is 22.5. The summed E-state index contributed by atoms with van der Waals surface area (Å²) >= 11 is 1.47. The van der Waals surface area contributed by atoms with Crippen LogP contribution in [0.15, 0.2) is 73.1 Å². The largest absolute Gasteiger partial charge is 0.496 e. The zero-order valence-corrected chi connectivity index (χ0v) is 18.7. The lowest BCUT2D eigenvalue weighted by atomic mass is 10.1. The molecule has 162 valence electrons. The molecule has 0 atom stereocenters. The number of nitrogens with one attached hydrogen (secondary N) is 1. The quantitative estimate of drug-likeness (QED) is 0.383. The number of hydrogen-bond acceptors (Lipinski definition) is 5. The van der Waals surface area contributed by atoms with E-state index >= 15 is 0 Å². The van der Waals surface area contributed by atoms with Gasteiger partial charge in [0.25, 0.3) is 0 Å². The highest BCUT2D eigenvalue weighted by Crippen LogP contribution is 2.25. The second-order valence-corrected chi connectivity index (χ2v) is 8.28. The van der Waals surface area contributed by atoms with E-state index in [9.17, 15) is 9.59 Å². The molecule has 0 radical (unpaired) electrons. The van der Waals surface area contributed by atoms with E-state index < -0.39 is 0 Å². The Kier molecular flexibility index (Phi) is 6.56. The van der Waals surface area contributed by atoms with Crippen LogP contribution in [-0.2, 0) is 10.5 Å². The second-order valence-electron chi connectivity index (χ2n) is 7.29. The molecule has 0 saturated carbocycles. The predicted octanol–water partition coefficient (Wildman–Crippen LogP) is 5.08. The number of benzene rings is 2. The molecule has 0 unspecified atom stereocenters. The lowest BCUT2D eigenvalue weighted by Crippen LogP contribution is -2.14. The van der Waals surface area contributed by atoms with Crippen LogP contribution in [0.25, 0.3) is 16.9 Å². The van der Waals surface area contributed by atoms with Crippen molar-refractivity contribution in [3.8, 4) is 17.0 Å². The van der Waals surface area contributed by atoms with Gasteiger partial charge in [-0.3, -0.25) is 9.59 Å². The molecule has 32 heavy (non-hydrogen) atoms. The first kappa shape index (κ1) is 21.6. The van der Waals surface area contributed by atoms with Gasteiger partial charge >= 0.3 is 0 Å². The summed E-state index contributed by atoms with van der Waals surface area (Å²) in [6, 6.07) is 18.9. The van der Waals surface area contributed by atoms with E-state index in [0.29, 0.717) is 22.8 Å². The van der Waals surface area contributed by atoms with Crippen LogP contribution in [0.4, 0.5) is 5.69 Å². The monoisotopic (exact) mass is 445 g/mol. The average Bonchev–Trinajstić information content (AvgIpc) is 3.23. The van der Waals surface area contributed by atoms with E-state index in [1.807, 2.05) is 65.3 Å². The molecular weight excluding hydrogens is 422 g/mol. The van der Waals surface area contributed by atoms with E-state index in [1.165, 1.54) is 18.7 Å². The van der Waals surface area contributed by atoms with Crippen molar-refractivity contribution in [3.05, 3.63) is 84.2 Å². The lowest BCUT2D eigenvalue weighted by molar-refractivity contribution is -0.113. The Labute approximate surface area is 190 Å². The number of ketones is 1. The Morgan fingerprint density at radius 3 is 2.62 bits per heavy atom. The Bertz CT molecular complexity index is 1230. The van der Waals surface area contributed by atoms with Gasteiger partial charge in [-0.1, -0.05) is 18.2 Å². The molecule has 7 heteroatoms. The fraction of sp³-hybridized carbons (Fsp3) is 0.160. The molecular formula is C25H23N3O3S. The Hall–Kier alpha value is -3.58. The molecule has 0 aliphatic rings. The number of carbonyl (C=O) groups is 2. The highest BCUT2D eigenvalue weighted by molar-refractivity contribution is 7.99. The SMILES string of the molecule is COc1ccc(C(C)=O)cc1CSCC(=O)Nc1ccc(-c2cn3ccccc3n2)cc1. The average molecular weight is 446 g/mol. The minimum absolute atomic E-state index is 0.00346. The molecule has 0 fully saturated rings. The van der Waals surface area contributed by atoms with Gasteiger partial charge in [-0.25, -0.2) is 4.98 Å². The maximum atomic E-state index is 12.4. The number of ether oxygens (including phenoxy) is 1. The van der Waals surface area contributed by atoms with Crippen LogP contribution in [0.5, 0.6) is 5.75 Å². The first-order chi connectivity index (χ1) is 15.5. The molecule has 0 aliphatic carbocycles. The normalized spacial score (nSPS) is 10.8. The summed E-state index contributed by atoms with van der Waals surface area (Å²) in [6.07, 6.45) is 3.94. The molecule has 4 rings (SSSR count). The van der Waals surface area contributed by atoms with Crippen molar-refractivity contribution in [2.24, 2.45) is 0 Å². The second kappa shape index (κ2) is 9.70. The topological polar surface area (TPSA) is 72.7 Å². The number of amides is 1. The number of carbonyl (C=O) groups excluding carboxylic acids is 2. The number of thioether (sulfide) groups is 1. The van der Waals surface area contributed by atoms with E-state index in [0.717, 1.165) is 28.2 Å². The first-order valence-electron chi connectivity index (χ1n) is 10.1. The maximum absolute atomic E-state index is 12.4. The third-order valence-electron chi connectivity index (χ3n) is 5.01. The number of hydrogen-bond donors (Lipinski definition) is 1. The van der Waals surface area contributed by atoms with Crippen LogP contribution in [0.1, 0.15) is 22.8 Å². The molecule has 0 bridgehead atoms. The van der Waals surface area contributed by atoms with Gasteiger partial charge in [0.15, 0.2) is 5.78 Å². The Morgan fingerprint density at radius 1 is 1.09 bits per heavy atom. The van der Waals surface area contributed by atoms with Gasteiger partial charge in [0, 0.05) is 40.5 Å². The highest BCUT2D eigenvalue weighted by Gasteiger charge is 2.10. The fourth-order valence-corrected chi connectivity index (χ4v) is 4.16. The molecule has 2 heterocycles. The summed E-state index contributed by atoms with van der Waals surface area (Å²) in [6.45, 7) is 1.53. The number of aromatic nitrogens is 2. The third-order valence-corrected chi connectivity index (χ3v) is 5.99. The van der Waals surface area contributed by atoms with Crippen LogP contribution in [0.2, 0.25) is 0 Å². The minimum atomic E-state index is -0.0860. The smallest absolute Gasteiger partial charge is 0.234 e. The molecule has 1 N–H and O–H groups in total. The van der Waals surface area contributed by atoms with E-state index in [2.05, 4.69) is 10.3 Å². The van der Waals surface area contributed by atoms with Gasteiger partial charge in [0.1, 0.15) is 11.4 Å². The fourth-order valence-electron chi connectivity index (χ4n) is 3.36. The van der Waals surface area contributed by atoms with E-state index in [1.54, 1.807) is 19.2 Å². The molecule has 2 aromatic heterocycles. The van der Waals surface area contributed by atoms with Crippen LogP contribution in [-0.4, -0.2) is 33.9 Å². The van der Waals surface area contributed by atoms with Gasteiger partial charge in [-0.2, -0.15) is 0 Å². The van der Waals surface area contributed by atoms with Crippen LogP contribution in [0, 0.1) is 0 Å². The van der Waals surface area contributed by atoms with Crippen molar-refractivity contribution in [1.82, 2.24) is 9.38 Å². The Balaban J connectivity index is 1.33. The third kappa shape index (κ3) is 5.00. The zero-order valence-electron chi connectivity index (χ0n) is 17.9. The van der Waals surface area contributed by atoms with Crippen LogP contribution >= 0.6 is 11.8 Å². The van der Waals surface area contributed by atoms with Crippen LogP contribution < -0.4 is 10.1 Å². The summed E-state index contributed by atoms with van der Waals surface area (Å²) in [7, 11) is 1.60. The van der Waals surface area contributed by atoms with Gasteiger partial charge < -0.3 is 14.5 Å². The molecule has 0 saturated heterocycles. The summed E-state index contributed by atoms with van der Waals surface area (Å²) in [5, 5.41) is 2.92. The van der Waals surface area contributed by atoms with Crippen molar-refractivity contribution in [2.75, 3.05) is 18.2 Å². The van der Waals surface area contributed by atoms with Crippen molar-refractivity contribution >= 4 is 34.8 Å². The summed E-state index contributed by atoms with van der Waals surface area (Å²) in [5.74, 6) is 1.50. The van der Waals surface area contributed by atoms with Gasteiger partial charge in [-0.15, -0.1) is 11.8 Å². The van der Waals surface area contributed by atoms with Crippen molar-refractivity contribution in [2.45, 2.75) is 12.7 Å². The number of pyridine rings is 1. The number of methoxy groups -OCH3 is 1. The number of Topliss-reactive ketones (excluding diaryl/α,β-unsaturated/α-hetero) is 1. The van der Waals surface area contributed by atoms with E-state index in [4.69, 9.17) is 4.74 Å². The van der Waals surface area contributed by atoms with Gasteiger partial charge in [-0.05, 0) is 49.4 Å². The summed E-state index contributed by atoms with van der Waals surface area (Å²) in [4.78, 5) is 28.6. The number of nitrogens with zero attached hydrogens (tertiary/aromatic N) is 2. The number of fused-ring (bicyclic) bond motifs is 1. The standard InChI is InChI=1S/C25H23N3O3S/c1-17(29)19-8-11-23(31-2)20(13-19)15-32-16-25(30)26-21-9-6-18(7-10-21)22-14-28-12-4-3-5-24(28)27-22/h3-14H,15-16H2,1-2H3,(H,26,30). The highest BCUT2D eigenvalue weighted by atomic mass is 32.2. The predicted molar refractivity (Wildman–Crippen MR) is 128 cm³/mol. The molecule has 0 spiro atoms. The van der Waals surface area contributed by atoms with Gasteiger partial charge in [0.2, 0.25) is 5.91 Å². The molecule has 2 aromatic carbocycles. The summed E-state index contributed by atoms with van der Waals surface area (Å²) in [5.41, 5.74) is 5.03. The van der Waals surface area contributed by atoms with Crippen molar-refractivity contribution in [1.29, 1.82) is 0 Å². The molecule has 0 aliphatic heterocycles.